The van der Waals surface area contributed by atoms with Gasteiger partial charge in [0.15, 0.2) is 5.11 Å². The molecule has 2 N–H and O–H groups in total. The van der Waals surface area contributed by atoms with E-state index in [1.807, 2.05) is 18.2 Å². The van der Waals surface area contributed by atoms with Crippen LogP contribution in [0.4, 0.5) is 0 Å². The number of hydrogen-bond acceptors (Lipinski definition) is 1. The molecule has 2 atom stereocenters. The fraction of sp³-hybridized carbons (Fsp3) is 0.316. The monoisotopic (exact) mass is 312 g/mol. The highest BCUT2D eigenvalue weighted by Gasteiger charge is 2.10. The van der Waals surface area contributed by atoms with E-state index in [1.165, 1.54) is 16.7 Å². The summed E-state index contributed by atoms with van der Waals surface area (Å²) in [7, 11) is 0. The zero-order valence-corrected chi connectivity index (χ0v) is 14.3. The van der Waals surface area contributed by atoms with Gasteiger partial charge < -0.3 is 10.6 Å². The topological polar surface area (TPSA) is 24.1 Å². The molecule has 0 fully saturated rings. The Hall–Kier alpha value is -1.87. The van der Waals surface area contributed by atoms with Crippen molar-refractivity contribution in [3.8, 4) is 0 Å². The van der Waals surface area contributed by atoms with Crippen molar-refractivity contribution in [1.29, 1.82) is 0 Å². The van der Waals surface area contributed by atoms with Crippen LogP contribution in [0.15, 0.2) is 54.6 Å². The summed E-state index contributed by atoms with van der Waals surface area (Å²) in [6.45, 7) is 6.41. The lowest BCUT2D eigenvalue weighted by molar-refractivity contribution is 0.655. The third-order valence-electron chi connectivity index (χ3n) is 3.88. The summed E-state index contributed by atoms with van der Waals surface area (Å²) in [5, 5.41) is 7.38. The molecule has 0 aromatic heterocycles. The van der Waals surface area contributed by atoms with Crippen LogP contribution in [0.3, 0.4) is 0 Å². The van der Waals surface area contributed by atoms with Gasteiger partial charge in [-0.3, -0.25) is 0 Å². The average Bonchev–Trinajstić information content (AvgIpc) is 2.55. The maximum atomic E-state index is 5.43. The van der Waals surface area contributed by atoms with E-state index >= 15 is 0 Å². The molecule has 0 spiro atoms. The van der Waals surface area contributed by atoms with E-state index in [1.54, 1.807) is 0 Å². The van der Waals surface area contributed by atoms with Crippen LogP contribution in [-0.4, -0.2) is 5.11 Å². The van der Waals surface area contributed by atoms with Gasteiger partial charge in [-0.15, -0.1) is 0 Å². The third kappa shape index (κ3) is 4.57. The minimum atomic E-state index is 0.189. The highest BCUT2D eigenvalue weighted by Crippen LogP contribution is 2.15. The van der Waals surface area contributed by atoms with E-state index in [2.05, 4.69) is 67.8 Å². The molecule has 116 valence electrons. The second kappa shape index (κ2) is 7.95. The van der Waals surface area contributed by atoms with E-state index in [-0.39, 0.29) is 12.1 Å². The Morgan fingerprint density at radius 1 is 0.864 bits per heavy atom. The quantitative estimate of drug-likeness (QED) is 0.793. The van der Waals surface area contributed by atoms with Gasteiger partial charge in [-0.1, -0.05) is 61.5 Å². The van der Waals surface area contributed by atoms with Crippen molar-refractivity contribution in [1.82, 2.24) is 10.6 Å². The van der Waals surface area contributed by atoms with Gasteiger partial charge in [0, 0.05) is 0 Å². The van der Waals surface area contributed by atoms with Gasteiger partial charge in [-0.2, -0.15) is 0 Å². The Morgan fingerprint density at radius 3 is 1.86 bits per heavy atom. The molecule has 2 nitrogen and oxygen atoms in total. The first-order valence-electron chi connectivity index (χ1n) is 7.81. The molecule has 3 heteroatoms. The fourth-order valence-corrected chi connectivity index (χ4v) is 2.74. The van der Waals surface area contributed by atoms with Crippen molar-refractivity contribution in [3.63, 3.8) is 0 Å². The molecule has 0 aliphatic rings. The molecule has 0 radical (unpaired) electrons. The molecule has 0 aliphatic heterocycles. The summed E-state index contributed by atoms with van der Waals surface area (Å²) in [6, 6.07) is 19.4. The molecule has 2 aromatic carbocycles. The Kier molecular flexibility index (Phi) is 5.96. The van der Waals surface area contributed by atoms with Crippen LogP contribution in [0.2, 0.25) is 0 Å². The smallest absolute Gasteiger partial charge is 0.167 e. The lowest BCUT2D eigenvalue weighted by atomic mass is 10.1. The maximum Gasteiger partial charge on any atom is 0.167 e. The van der Waals surface area contributed by atoms with E-state index in [0.29, 0.717) is 5.11 Å². The molecular formula is C19H24N2S. The average molecular weight is 312 g/mol. The summed E-state index contributed by atoms with van der Waals surface area (Å²) < 4.78 is 0. The lowest BCUT2D eigenvalue weighted by Gasteiger charge is -2.21. The zero-order chi connectivity index (χ0) is 15.9. The van der Waals surface area contributed by atoms with Crippen molar-refractivity contribution in [2.45, 2.75) is 39.3 Å². The highest BCUT2D eigenvalue weighted by molar-refractivity contribution is 7.80. The Balaban J connectivity index is 1.90. The normalized spacial score (nSPS) is 13.2. The SMILES string of the molecule is CCc1ccc(C(C)NC(=S)NC(C)c2ccccc2)cc1. The van der Waals surface area contributed by atoms with Crippen LogP contribution < -0.4 is 10.6 Å². The van der Waals surface area contributed by atoms with E-state index in [9.17, 15) is 0 Å². The number of hydrogen-bond donors (Lipinski definition) is 2. The number of aryl methyl sites for hydroxylation is 1. The van der Waals surface area contributed by atoms with Crippen LogP contribution in [0.5, 0.6) is 0 Å². The summed E-state index contributed by atoms with van der Waals surface area (Å²) in [5.41, 5.74) is 3.83. The molecule has 2 unspecified atom stereocenters. The second-order valence-electron chi connectivity index (χ2n) is 5.57. The molecule has 22 heavy (non-hydrogen) atoms. The summed E-state index contributed by atoms with van der Waals surface area (Å²) in [5.74, 6) is 0. The fourth-order valence-electron chi connectivity index (χ4n) is 2.39. The number of thiocarbonyl (C=S) groups is 1. The second-order valence-corrected chi connectivity index (χ2v) is 5.98. The Bertz CT molecular complexity index is 593. The summed E-state index contributed by atoms with van der Waals surface area (Å²) in [4.78, 5) is 0. The van der Waals surface area contributed by atoms with Crippen LogP contribution in [-0.2, 0) is 6.42 Å². The Labute approximate surface area is 139 Å². The van der Waals surface area contributed by atoms with Crippen molar-refractivity contribution in [2.75, 3.05) is 0 Å². The molecule has 0 bridgehead atoms. The number of nitrogens with one attached hydrogen (secondary N) is 2. The predicted molar refractivity (Wildman–Crippen MR) is 98.0 cm³/mol. The van der Waals surface area contributed by atoms with Crippen LogP contribution in [0.1, 0.15) is 49.5 Å². The number of rotatable bonds is 5. The summed E-state index contributed by atoms with van der Waals surface area (Å²) in [6.07, 6.45) is 1.07. The standard InChI is InChI=1S/C19H24N2S/c1-4-16-10-12-18(13-11-16)15(3)21-19(22)20-14(2)17-8-6-5-7-9-17/h5-15H,4H2,1-3H3,(H2,20,21,22). The highest BCUT2D eigenvalue weighted by atomic mass is 32.1. The summed E-state index contributed by atoms with van der Waals surface area (Å²) >= 11 is 5.43. The van der Waals surface area contributed by atoms with Gasteiger partial charge >= 0.3 is 0 Å². The van der Waals surface area contributed by atoms with Gasteiger partial charge in [0.25, 0.3) is 0 Å². The van der Waals surface area contributed by atoms with Gasteiger partial charge in [-0.05, 0) is 49.2 Å². The zero-order valence-electron chi connectivity index (χ0n) is 13.5. The van der Waals surface area contributed by atoms with Crippen molar-refractivity contribution >= 4 is 17.3 Å². The molecule has 0 heterocycles. The van der Waals surface area contributed by atoms with Crippen LogP contribution in [0, 0.1) is 0 Å². The minimum Gasteiger partial charge on any atom is -0.356 e. The van der Waals surface area contributed by atoms with Crippen molar-refractivity contribution in [2.24, 2.45) is 0 Å². The molecular weight excluding hydrogens is 288 g/mol. The number of benzene rings is 2. The molecule has 2 aromatic rings. The third-order valence-corrected chi connectivity index (χ3v) is 4.12. The first-order chi connectivity index (χ1) is 10.6. The maximum absolute atomic E-state index is 5.43. The first kappa shape index (κ1) is 16.5. The molecule has 0 aliphatic carbocycles. The van der Waals surface area contributed by atoms with Gasteiger partial charge in [0.1, 0.15) is 0 Å². The molecule has 0 amide bonds. The molecule has 0 saturated carbocycles. The van der Waals surface area contributed by atoms with Gasteiger partial charge in [0.05, 0.1) is 12.1 Å². The van der Waals surface area contributed by atoms with E-state index in [0.717, 1.165) is 6.42 Å². The van der Waals surface area contributed by atoms with Gasteiger partial charge in [-0.25, -0.2) is 0 Å². The Morgan fingerprint density at radius 2 is 1.36 bits per heavy atom. The van der Waals surface area contributed by atoms with E-state index in [4.69, 9.17) is 12.2 Å². The van der Waals surface area contributed by atoms with Gasteiger partial charge in [0.2, 0.25) is 0 Å². The van der Waals surface area contributed by atoms with Crippen molar-refractivity contribution < 1.29 is 0 Å². The lowest BCUT2D eigenvalue weighted by Crippen LogP contribution is -2.38. The predicted octanol–water partition coefficient (Wildman–Crippen LogP) is 4.54. The molecule has 2 rings (SSSR count). The minimum absolute atomic E-state index is 0.189. The molecule has 0 saturated heterocycles. The van der Waals surface area contributed by atoms with Crippen LogP contribution >= 0.6 is 12.2 Å². The largest absolute Gasteiger partial charge is 0.356 e. The van der Waals surface area contributed by atoms with E-state index < -0.39 is 0 Å². The van der Waals surface area contributed by atoms with Crippen LogP contribution in [0.25, 0.3) is 0 Å². The van der Waals surface area contributed by atoms with Crippen molar-refractivity contribution in [3.05, 3.63) is 71.3 Å². The first-order valence-corrected chi connectivity index (χ1v) is 8.21.